The zero-order chi connectivity index (χ0) is 24.9. The molecule has 0 aromatic heterocycles. The Morgan fingerprint density at radius 3 is 1.94 bits per heavy atom. The molecule has 0 bridgehead atoms. The summed E-state index contributed by atoms with van der Waals surface area (Å²) in [6, 6.07) is 17.7. The Labute approximate surface area is 214 Å². The molecule has 0 spiro atoms. The van der Waals surface area contributed by atoms with Gasteiger partial charge in [-0.05, 0) is 67.1 Å². The monoisotopic (exact) mass is 468 g/mol. The third-order valence-corrected chi connectivity index (χ3v) is 8.05. The van der Waals surface area contributed by atoms with Crippen LogP contribution in [0.15, 0.2) is 36.4 Å². The first-order valence-corrected chi connectivity index (χ1v) is 14.3. The number of rotatable bonds is 13. The van der Waals surface area contributed by atoms with Crippen molar-refractivity contribution in [1.29, 1.82) is 10.5 Å². The molecule has 1 saturated carbocycles. The maximum absolute atomic E-state index is 10.1. The highest BCUT2D eigenvalue weighted by Gasteiger charge is 2.26. The standard InChI is InChI=1S/C33H44N2/c1-3-5-7-9-11-13-27-16-20-29(21-17-27)31-23-22-30(32(24-34)33(31)25-35)28-18-14-26(15-19-28)12-10-8-6-4-2/h14-15,18-19,22-23,27,29H,3-13,16-17,20-21H2,1-2H3/t27-,29-. The van der Waals surface area contributed by atoms with Crippen LogP contribution in [0.25, 0.3) is 11.1 Å². The van der Waals surface area contributed by atoms with E-state index in [0.717, 1.165) is 41.9 Å². The van der Waals surface area contributed by atoms with Gasteiger partial charge in [0.15, 0.2) is 0 Å². The average Bonchev–Trinajstić information content (AvgIpc) is 2.91. The molecular formula is C33H44N2. The number of unbranched alkanes of at least 4 members (excludes halogenated alkanes) is 7. The highest BCUT2D eigenvalue weighted by molar-refractivity contribution is 5.75. The molecule has 1 aliphatic carbocycles. The van der Waals surface area contributed by atoms with E-state index in [9.17, 15) is 10.5 Å². The summed E-state index contributed by atoms with van der Waals surface area (Å²) >= 11 is 0. The maximum atomic E-state index is 10.1. The molecule has 2 heteroatoms. The summed E-state index contributed by atoms with van der Waals surface area (Å²) in [6.45, 7) is 4.51. The third-order valence-electron chi connectivity index (χ3n) is 8.05. The zero-order valence-corrected chi connectivity index (χ0v) is 22.1. The van der Waals surface area contributed by atoms with Gasteiger partial charge >= 0.3 is 0 Å². The second-order valence-corrected chi connectivity index (χ2v) is 10.6. The lowest BCUT2D eigenvalue weighted by molar-refractivity contribution is 0.301. The lowest BCUT2D eigenvalue weighted by Crippen LogP contribution is -2.15. The van der Waals surface area contributed by atoms with Crippen LogP contribution in [0.5, 0.6) is 0 Å². The van der Waals surface area contributed by atoms with E-state index in [4.69, 9.17) is 0 Å². The summed E-state index contributed by atoms with van der Waals surface area (Å²) in [5.41, 5.74) is 5.54. The SMILES string of the molecule is CCCCCCC[C@H]1CC[C@H](c2ccc(-c3ccc(CCCCCC)cc3)c(C#N)c2C#N)CC1. The molecule has 0 unspecified atom stereocenters. The van der Waals surface area contributed by atoms with Crippen LogP contribution >= 0.6 is 0 Å². The van der Waals surface area contributed by atoms with Crippen molar-refractivity contribution < 1.29 is 0 Å². The van der Waals surface area contributed by atoms with Crippen molar-refractivity contribution in [2.24, 2.45) is 5.92 Å². The molecular weight excluding hydrogens is 424 g/mol. The highest BCUT2D eigenvalue weighted by Crippen LogP contribution is 2.41. The average molecular weight is 469 g/mol. The second kappa shape index (κ2) is 14.7. The van der Waals surface area contributed by atoms with E-state index in [1.165, 1.54) is 82.6 Å². The minimum atomic E-state index is 0.410. The molecule has 1 fully saturated rings. The largest absolute Gasteiger partial charge is 0.192 e. The Kier molecular flexibility index (Phi) is 11.4. The Morgan fingerprint density at radius 1 is 0.686 bits per heavy atom. The molecule has 0 heterocycles. The lowest BCUT2D eigenvalue weighted by atomic mass is 9.75. The van der Waals surface area contributed by atoms with Crippen molar-refractivity contribution >= 4 is 0 Å². The Morgan fingerprint density at radius 2 is 1.31 bits per heavy atom. The van der Waals surface area contributed by atoms with Gasteiger partial charge in [-0.3, -0.25) is 0 Å². The molecule has 0 saturated heterocycles. The van der Waals surface area contributed by atoms with E-state index in [1.54, 1.807) is 0 Å². The number of nitriles is 2. The molecule has 186 valence electrons. The van der Waals surface area contributed by atoms with E-state index in [-0.39, 0.29) is 0 Å². The summed E-state index contributed by atoms with van der Waals surface area (Å²) in [5, 5.41) is 20.1. The molecule has 1 aliphatic rings. The van der Waals surface area contributed by atoms with Gasteiger partial charge in [-0.15, -0.1) is 0 Å². The van der Waals surface area contributed by atoms with Gasteiger partial charge in [-0.25, -0.2) is 0 Å². The van der Waals surface area contributed by atoms with Gasteiger partial charge in [0.1, 0.15) is 12.1 Å². The summed E-state index contributed by atoms with van der Waals surface area (Å²) in [4.78, 5) is 0. The van der Waals surface area contributed by atoms with Gasteiger partial charge in [0.25, 0.3) is 0 Å². The summed E-state index contributed by atoms with van der Waals surface area (Å²) < 4.78 is 0. The highest BCUT2D eigenvalue weighted by atomic mass is 14.3. The third kappa shape index (κ3) is 7.70. The molecule has 0 aliphatic heterocycles. The van der Waals surface area contributed by atoms with Crippen molar-refractivity contribution in [3.05, 3.63) is 58.7 Å². The summed E-state index contributed by atoms with van der Waals surface area (Å²) in [6.07, 6.45) is 19.1. The Balaban J connectivity index is 1.66. The minimum Gasteiger partial charge on any atom is -0.192 e. The Hall–Kier alpha value is -2.58. The fourth-order valence-electron chi connectivity index (χ4n) is 5.84. The fourth-order valence-corrected chi connectivity index (χ4v) is 5.84. The normalized spacial score (nSPS) is 17.6. The topological polar surface area (TPSA) is 47.6 Å². The molecule has 2 aromatic rings. The molecule has 0 amide bonds. The number of hydrogen-bond acceptors (Lipinski definition) is 2. The first-order chi connectivity index (χ1) is 17.2. The minimum absolute atomic E-state index is 0.410. The first-order valence-electron chi connectivity index (χ1n) is 14.3. The predicted octanol–water partition coefficient (Wildman–Crippen LogP) is 9.85. The van der Waals surface area contributed by atoms with Crippen molar-refractivity contribution in [2.75, 3.05) is 0 Å². The van der Waals surface area contributed by atoms with Gasteiger partial charge in [-0.2, -0.15) is 10.5 Å². The van der Waals surface area contributed by atoms with Crippen molar-refractivity contribution in [2.45, 2.75) is 116 Å². The summed E-state index contributed by atoms with van der Waals surface area (Å²) in [7, 11) is 0. The van der Waals surface area contributed by atoms with E-state index in [1.807, 2.05) is 0 Å². The van der Waals surface area contributed by atoms with Crippen molar-refractivity contribution in [1.82, 2.24) is 0 Å². The molecule has 2 aromatic carbocycles. The van der Waals surface area contributed by atoms with Crippen LogP contribution < -0.4 is 0 Å². The fraction of sp³-hybridized carbons (Fsp3) is 0.576. The zero-order valence-electron chi connectivity index (χ0n) is 22.1. The van der Waals surface area contributed by atoms with E-state index in [2.05, 4.69) is 62.4 Å². The van der Waals surface area contributed by atoms with Crippen LogP contribution in [0.1, 0.15) is 132 Å². The van der Waals surface area contributed by atoms with Crippen LogP contribution in [-0.4, -0.2) is 0 Å². The molecule has 0 atom stereocenters. The lowest BCUT2D eigenvalue weighted by Gasteiger charge is -2.29. The van der Waals surface area contributed by atoms with Crippen LogP contribution in [0.4, 0.5) is 0 Å². The molecule has 0 radical (unpaired) electrons. The van der Waals surface area contributed by atoms with Crippen molar-refractivity contribution in [3.63, 3.8) is 0 Å². The van der Waals surface area contributed by atoms with Gasteiger partial charge in [-0.1, -0.05) is 108 Å². The quantitative estimate of drug-likeness (QED) is 0.275. The second-order valence-electron chi connectivity index (χ2n) is 10.6. The van der Waals surface area contributed by atoms with Crippen LogP contribution in [0, 0.1) is 28.6 Å². The first kappa shape index (κ1) is 27.0. The molecule has 2 nitrogen and oxygen atoms in total. The number of benzene rings is 2. The van der Waals surface area contributed by atoms with Crippen LogP contribution in [-0.2, 0) is 6.42 Å². The van der Waals surface area contributed by atoms with Gasteiger partial charge in [0.2, 0.25) is 0 Å². The number of hydrogen-bond donors (Lipinski definition) is 0. The van der Waals surface area contributed by atoms with Crippen LogP contribution in [0.2, 0.25) is 0 Å². The van der Waals surface area contributed by atoms with Gasteiger partial charge in [0, 0.05) is 5.56 Å². The van der Waals surface area contributed by atoms with E-state index >= 15 is 0 Å². The van der Waals surface area contributed by atoms with Crippen LogP contribution in [0.3, 0.4) is 0 Å². The smallest absolute Gasteiger partial charge is 0.101 e. The number of nitrogens with zero attached hydrogens (tertiary/aromatic N) is 2. The molecule has 35 heavy (non-hydrogen) atoms. The van der Waals surface area contributed by atoms with Gasteiger partial charge < -0.3 is 0 Å². The molecule has 3 rings (SSSR count). The Bertz CT molecular complexity index is 981. The van der Waals surface area contributed by atoms with Gasteiger partial charge in [0.05, 0.1) is 11.1 Å². The predicted molar refractivity (Wildman–Crippen MR) is 147 cm³/mol. The van der Waals surface area contributed by atoms with E-state index < -0.39 is 0 Å². The van der Waals surface area contributed by atoms with E-state index in [0.29, 0.717) is 17.0 Å². The molecule has 0 N–H and O–H groups in total. The van der Waals surface area contributed by atoms with Crippen molar-refractivity contribution in [3.8, 4) is 23.3 Å². The maximum Gasteiger partial charge on any atom is 0.101 e. The number of aryl methyl sites for hydroxylation is 1. The summed E-state index contributed by atoms with van der Waals surface area (Å²) in [5.74, 6) is 1.25.